The van der Waals surface area contributed by atoms with Crippen molar-refractivity contribution in [3.63, 3.8) is 0 Å². The fourth-order valence-electron chi connectivity index (χ4n) is 2.45. The molecule has 0 radical (unpaired) electrons. The van der Waals surface area contributed by atoms with Gasteiger partial charge in [0.05, 0.1) is 11.8 Å². The average molecular weight is 347 g/mol. The Morgan fingerprint density at radius 3 is 2.56 bits per heavy atom. The number of carbonyl (C=O) groups is 1. The van der Waals surface area contributed by atoms with Crippen molar-refractivity contribution in [2.24, 2.45) is 0 Å². The SMILES string of the molecule is N#Cc1cc(-c2ccc(C(=O)O)c(O)c2)c2ncc(C(F)(F)F)n2c1. The number of hydrogen-bond donors (Lipinski definition) is 2. The van der Waals surface area contributed by atoms with E-state index < -0.39 is 23.6 Å². The van der Waals surface area contributed by atoms with Crippen molar-refractivity contribution >= 4 is 11.6 Å². The van der Waals surface area contributed by atoms with Crippen molar-refractivity contribution in [2.45, 2.75) is 6.18 Å². The van der Waals surface area contributed by atoms with Gasteiger partial charge in [-0.2, -0.15) is 18.4 Å². The summed E-state index contributed by atoms with van der Waals surface area (Å²) in [5.74, 6) is -1.90. The first-order valence-corrected chi connectivity index (χ1v) is 6.77. The zero-order chi connectivity index (χ0) is 18.4. The molecule has 0 aliphatic heterocycles. The average Bonchev–Trinajstić information content (AvgIpc) is 2.97. The number of hydrogen-bond acceptors (Lipinski definition) is 4. The molecule has 2 aromatic heterocycles. The minimum atomic E-state index is -4.67. The van der Waals surface area contributed by atoms with E-state index >= 15 is 0 Å². The van der Waals surface area contributed by atoms with Gasteiger partial charge in [-0.05, 0) is 23.8 Å². The molecule has 126 valence electrons. The summed E-state index contributed by atoms with van der Waals surface area (Å²) in [4.78, 5) is 14.7. The summed E-state index contributed by atoms with van der Waals surface area (Å²) in [6, 6.07) is 6.63. The first-order valence-electron chi connectivity index (χ1n) is 6.77. The van der Waals surface area contributed by atoms with E-state index in [4.69, 9.17) is 10.4 Å². The monoisotopic (exact) mass is 347 g/mol. The number of alkyl halides is 3. The molecule has 0 aliphatic rings. The highest BCUT2D eigenvalue weighted by molar-refractivity contribution is 5.92. The Hall–Kier alpha value is -3.54. The summed E-state index contributed by atoms with van der Waals surface area (Å²) in [5.41, 5.74) is -1.14. The third kappa shape index (κ3) is 2.74. The van der Waals surface area contributed by atoms with Crippen LogP contribution in [0.1, 0.15) is 21.6 Å². The molecule has 0 spiro atoms. The van der Waals surface area contributed by atoms with Crippen molar-refractivity contribution in [3.05, 3.63) is 53.5 Å². The van der Waals surface area contributed by atoms with Gasteiger partial charge >= 0.3 is 12.1 Å². The largest absolute Gasteiger partial charge is 0.507 e. The number of phenols is 1. The van der Waals surface area contributed by atoms with Crippen molar-refractivity contribution in [3.8, 4) is 22.9 Å². The number of pyridine rings is 1. The highest BCUT2D eigenvalue weighted by Gasteiger charge is 2.35. The molecule has 0 saturated carbocycles. The summed E-state index contributed by atoms with van der Waals surface area (Å²) >= 11 is 0. The Balaban J connectivity index is 2.30. The van der Waals surface area contributed by atoms with Crippen molar-refractivity contribution in [2.75, 3.05) is 0 Å². The van der Waals surface area contributed by atoms with Gasteiger partial charge in [0.15, 0.2) is 0 Å². The van der Waals surface area contributed by atoms with Crippen LogP contribution in [-0.2, 0) is 6.18 Å². The summed E-state index contributed by atoms with van der Waals surface area (Å²) in [6.45, 7) is 0. The molecule has 3 aromatic rings. The van der Waals surface area contributed by atoms with Gasteiger partial charge in [-0.1, -0.05) is 6.07 Å². The second-order valence-corrected chi connectivity index (χ2v) is 5.13. The molecule has 0 saturated heterocycles. The molecule has 6 nitrogen and oxygen atoms in total. The lowest BCUT2D eigenvalue weighted by Crippen LogP contribution is -2.09. The number of imidazole rings is 1. The third-order valence-corrected chi connectivity index (χ3v) is 3.56. The van der Waals surface area contributed by atoms with Gasteiger partial charge in [0.1, 0.15) is 28.7 Å². The van der Waals surface area contributed by atoms with Gasteiger partial charge in [0.2, 0.25) is 0 Å². The molecule has 0 fully saturated rings. The lowest BCUT2D eigenvalue weighted by molar-refractivity contribution is -0.141. The van der Waals surface area contributed by atoms with Crippen LogP contribution in [0.15, 0.2) is 36.7 Å². The summed E-state index contributed by atoms with van der Waals surface area (Å²) in [5, 5.41) is 27.8. The molecule has 1 aromatic carbocycles. The fraction of sp³-hybridized carbons (Fsp3) is 0.0625. The number of nitrogens with zero attached hydrogens (tertiary/aromatic N) is 3. The van der Waals surface area contributed by atoms with Crippen molar-refractivity contribution in [1.82, 2.24) is 9.38 Å². The van der Waals surface area contributed by atoms with Crippen LogP contribution in [0.5, 0.6) is 5.75 Å². The Kier molecular flexibility index (Phi) is 3.60. The molecule has 0 bridgehead atoms. The predicted octanol–water partition coefficient (Wildman–Crippen LogP) is 3.30. The van der Waals surface area contributed by atoms with Gasteiger partial charge in [-0.25, -0.2) is 9.78 Å². The van der Waals surface area contributed by atoms with Crippen LogP contribution in [0.3, 0.4) is 0 Å². The van der Waals surface area contributed by atoms with Crippen LogP contribution in [0.4, 0.5) is 13.2 Å². The van der Waals surface area contributed by atoms with E-state index in [0.717, 1.165) is 22.7 Å². The normalized spacial score (nSPS) is 11.4. The second kappa shape index (κ2) is 5.52. The minimum Gasteiger partial charge on any atom is -0.507 e. The van der Waals surface area contributed by atoms with E-state index in [1.807, 2.05) is 0 Å². The number of benzene rings is 1. The topological polar surface area (TPSA) is 98.6 Å². The zero-order valence-corrected chi connectivity index (χ0v) is 12.2. The number of halogens is 3. The van der Waals surface area contributed by atoms with E-state index in [0.29, 0.717) is 6.20 Å². The van der Waals surface area contributed by atoms with E-state index in [1.54, 1.807) is 6.07 Å². The van der Waals surface area contributed by atoms with Crippen LogP contribution in [0.2, 0.25) is 0 Å². The highest BCUT2D eigenvalue weighted by Crippen LogP contribution is 2.34. The Bertz CT molecular complexity index is 1050. The summed E-state index contributed by atoms with van der Waals surface area (Å²) < 4.78 is 40.0. The Morgan fingerprint density at radius 1 is 1.28 bits per heavy atom. The molecule has 2 N–H and O–H groups in total. The Labute approximate surface area is 138 Å². The maximum absolute atomic E-state index is 13.1. The number of fused-ring (bicyclic) bond motifs is 1. The molecule has 25 heavy (non-hydrogen) atoms. The van der Waals surface area contributed by atoms with Crippen LogP contribution < -0.4 is 0 Å². The standard InChI is InChI=1S/C16H8F3N3O3/c17-16(18,19)13-6-21-14-11(3-8(5-20)7-22(13)14)9-1-2-10(15(24)25)12(23)4-9/h1-4,6-7,23H,(H,24,25). The molecule has 0 atom stereocenters. The third-order valence-electron chi connectivity index (χ3n) is 3.56. The fourth-order valence-corrected chi connectivity index (χ4v) is 2.45. The maximum Gasteiger partial charge on any atom is 0.433 e. The first kappa shape index (κ1) is 16.3. The lowest BCUT2D eigenvalue weighted by atomic mass is 10.0. The van der Waals surface area contributed by atoms with E-state index in [2.05, 4.69) is 4.98 Å². The second-order valence-electron chi connectivity index (χ2n) is 5.13. The lowest BCUT2D eigenvalue weighted by Gasteiger charge is -2.10. The van der Waals surface area contributed by atoms with Gasteiger partial charge < -0.3 is 10.2 Å². The number of aromatic carboxylic acids is 1. The molecule has 0 amide bonds. The zero-order valence-electron chi connectivity index (χ0n) is 12.2. The van der Waals surface area contributed by atoms with E-state index in [9.17, 15) is 23.1 Å². The summed E-state index contributed by atoms with van der Waals surface area (Å²) in [6.07, 6.45) is -3.01. The van der Waals surface area contributed by atoms with Gasteiger partial charge in [-0.15, -0.1) is 0 Å². The van der Waals surface area contributed by atoms with Gasteiger partial charge in [-0.3, -0.25) is 4.40 Å². The number of aromatic nitrogens is 2. The number of carboxylic acids is 1. The van der Waals surface area contributed by atoms with Crippen molar-refractivity contribution < 1.29 is 28.2 Å². The first-order chi connectivity index (χ1) is 11.7. The molecular weight excluding hydrogens is 339 g/mol. The maximum atomic E-state index is 13.1. The number of nitriles is 1. The van der Waals surface area contributed by atoms with Crippen LogP contribution in [0.25, 0.3) is 16.8 Å². The summed E-state index contributed by atoms with van der Waals surface area (Å²) in [7, 11) is 0. The van der Waals surface area contributed by atoms with Crippen LogP contribution >= 0.6 is 0 Å². The van der Waals surface area contributed by atoms with Gasteiger partial charge in [0.25, 0.3) is 0 Å². The molecule has 9 heteroatoms. The molecular formula is C16H8F3N3O3. The highest BCUT2D eigenvalue weighted by atomic mass is 19.4. The smallest absolute Gasteiger partial charge is 0.433 e. The molecule has 3 rings (SSSR count). The van der Waals surface area contributed by atoms with E-state index in [-0.39, 0.29) is 27.9 Å². The van der Waals surface area contributed by atoms with Crippen LogP contribution in [0, 0.1) is 11.3 Å². The number of aromatic hydroxyl groups is 1. The molecule has 0 aliphatic carbocycles. The quantitative estimate of drug-likeness (QED) is 0.741. The number of rotatable bonds is 2. The predicted molar refractivity (Wildman–Crippen MR) is 79.0 cm³/mol. The van der Waals surface area contributed by atoms with Crippen molar-refractivity contribution in [1.29, 1.82) is 5.26 Å². The van der Waals surface area contributed by atoms with E-state index in [1.165, 1.54) is 12.1 Å². The van der Waals surface area contributed by atoms with Crippen LogP contribution in [-0.4, -0.2) is 25.6 Å². The molecule has 0 unspecified atom stereocenters. The number of carboxylic acid groups (broad SMARTS) is 1. The minimum absolute atomic E-state index is 0.0483. The Morgan fingerprint density at radius 2 is 2.00 bits per heavy atom. The molecule has 2 heterocycles. The van der Waals surface area contributed by atoms with Gasteiger partial charge in [0, 0.05) is 11.8 Å².